The number of anilines is 1. The van der Waals surface area contributed by atoms with E-state index in [0.717, 1.165) is 6.92 Å². The van der Waals surface area contributed by atoms with Crippen molar-refractivity contribution in [3.05, 3.63) is 24.1 Å². The quantitative estimate of drug-likeness (QED) is 0.877. The van der Waals surface area contributed by atoms with Gasteiger partial charge >= 0.3 is 5.97 Å². The van der Waals surface area contributed by atoms with Crippen molar-refractivity contribution < 1.29 is 22.7 Å². The van der Waals surface area contributed by atoms with Crippen molar-refractivity contribution in [1.82, 2.24) is 4.98 Å². The Labute approximate surface area is 109 Å². The van der Waals surface area contributed by atoms with Crippen LogP contribution in [0.1, 0.15) is 12.8 Å². The fraction of sp³-hybridized carbons (Fsp3) is 0.273. The summed E-state index contributed by atoms with van der Waals surface area (Å²) in [6, 6.07) is 4.54. The molecule has 1 heterocycles. The number of fused-ring (bicyclic) bond motifs is 1. The van der Waals surface area contributed by atoms with Gasteiger partial charge in [0.15, 0.2) is 16.7 Å². The number of nitrogens with zero attached hydrogens (tertiary/aromatic N) is 1. The number of nitrogens with one attached hydrogen (secondary N) is 1. The number of aliphatic carboxylic acids is 1. The Kier molecular flexibility index (Phi) is 3.19. The minimum absolute atomic E-state index is 0.244. The molecule has 0 amide bonds. The smallest absolute Gasteiger partial charge is 0.323 e. The third kappa shape index (κ3) is 2.68. The second-order valence-corrected chi connectivity index (χ2v) is 6.04. The van der Waals surface area contributed by atoms with Crippen LogP contribution in [0.2, 0.25) is 0 Å². The van der Waals surface area contributed by atoms with E-state index >= 15 is 0 Å². The number of oxazole rings is 1. The van der Waals surface area contributed by atoms with Crippen LogP contribution >= 0.6 is 0 Å². The molecule has 0 spiro atoms. The zero-order valence-corrected chi connectivity index (χ0v) is 11.1. The zero-order chi connectivity index (χ0) is 14.2. The van der Waals surface area contributed by atoms with Crippen LogP contribution < -0.4 is 4.72 Å². The SMILES string of the molecule is Cc1nc2cc(NS(=O)(=O)C(C)C(=O)O)ccc2o1. The second kappa shape index (κ2) is 4.54. The first-order valence-electron chi connectivity index (χ1n) is 5.41. The molecule has 0 saturated heterocycles. The first kappa shape index (κ1) is 13.3. The normalized spacial score (nSPS) is 13.4. The lowest BCUT2D eigenvalue weighted by Gasteiger charge is -2.10. The summed E-state index contributed by atoms with van der Waals surface area (Å²) in [6.45, 7) is 2.78. The van der Waals surface area contributed by atoms with E-state index in [1.54, 1.807) is 13.0 Å². The molecular formula is C11H12N2O5S. The van der Waals surface area contributed by atoms with E-state index in [1.165, 1.54) is 12.1 Å². The van der Waals surface area contributed by atoms with Gasteiger partial charge in [-0.05, 0) is 25.1 Å². The predicted molar refractivity (Wildman–Crippen MR) is 68.4 cm³/mol. The molecule has 0 bridgehead atoms. The average molecular weight is 284 g/mol. The lowest BCUT2D eigenvalue weighted by Crippen LogP contribution is -2.32. The summed E-state index contributed by atoms with van der Waals surface area (Å²) >= 11 is 0. The van der Waals surface area contributed by atoms with Gasteiger partial charge in [0, 0.05) is 6.92 Å². The summed E-state index contributed by atoms with van der Waals surface area (Å²) in [5.41, 5.74) is 1.28. The maximum atomic E-state index is 11.7. The molecule has 2 rings (SSSR count). The number of hydrogen-bond donors (Lipinski definition) is 2. The summed E-state index contributed by atoms with van der Waals surface area (Å²) in [6.07, 6.45) is 0. The van der Waals surface area contributed by atoms with Crippen LogP contribution in [0.25, 0.3) is 11.1 Å². The van der Waals surface area contributed by atoms with Gasteiger partial charge in [-0.1, -0.05) is 0 Å². The molecule has 1 unspecified atom stereocenters. The van der Waals surface area contributed by atoms with E-state index in [0.29, 0.717) is 17.0 Å². The van der Waals surface area contributed by atoms with Gasteiger partial charge in [-0.25, -0.2) is 13.4 Å². The van der Waals surface area contributed by atoms with Gasteiger partial charge in [0.25, 0.3) is 0 Å². The van der Waals surface area contributed by atoms with Crippen molar-refractivity contribution in [3.63, 3.8) is 0 Å². The predicted octanol–water partition coefficient (Wildman–Crippen LogP) is 1.35. The molecule has 1 aromatic carbocycles. The van der Waals surface area contributed by atoms with E-state index in [4.69, 9.17) is 9.52 Å². The van der Waals surface area contributed by atoms with Gasteiger partial charge in [-0.3, -0.25) is 9.52 Å². The molecule has 102 valence electrons. The van der Waals surface area contributed by atoms with Crippen molar-refractivity contribution in [2.45, 2.75) is 19.1 Å². The Morgan fingerprint density at radius 3 is 2.79 bits per heavy atom. The lowest BCUT2D eigenvalue weighted by molar-refractivity contribution is -0.136. The molecule has 2 N–H and O–H groups in total. The number of benzene rings is 1. The number of rotatable bonds is 4. The highest BCUT2D eigenvalue weighted by atomic mass is 32.2. The van der Waals surface area contributed by atoms with Crippen LogP contribution in [-0.2, 0) is 14.8 Å². The summed E-state index contributed by atoms with van der Waals surface area (Å²) in [5, 5.41) is 7.18. The first-order valence-corrected chi connectivity index (χ1v) is 6.96. The minimum atomic E-state index is -3.98. The Hall–Kier alpha value is -2.09. The van der Waals surface area contributed by atoms with Crippen LogP contribution in [0, 0.1) is 6.92 Å². The molecule has 2 aromatic rings. The van der Waals surface area contributed by atoms with Gasteiger partial charge in [-0.2, -0.15) is 0 Å². The standard InChI is InChI=1S/C11H12N2O5S/c1-6(11(14)15)19(16,17)13-8-3-4-10-9(5-8)12-7(2)18-10/h3-6,13H,1-2H3,(H,14,15). The maximum absolute atomic E-state index is 11.7. The third-order valence-corrected chi connectivity index (χ3v) is 4.22. The van der Waals surface area contributed by atoms with Crippen molar-refractivity contribution >= 4 is 32.8 Å². The third-order valence-electron chi connectivity index (χ3n) is 2.57. The number of hydrogen-bond acceptors (Lipinski definition) is 5. The molecule has 0 fully saturated rings. The van der Waals surface area contributed by atoms with Crippen molar-refractivity contribution in [2.75, 3.05) is 4.72 Å². The fourth-order valence-electron chi connectivity index (χ4n) is 1.49. The van der Waals surface area contributed by atoms with Gasteiger partial charge < -0.3 is 9.52 Å². The van der Waals surface area contributed by atoms with E-state index in [1.807, 2.05) is 0 Å². The number of carbonyl (C=O) groups is 1. The first-order chi connectivity index (χ1) is 8.79. The highest BCUT2D eigenvalue weighted by Gasteiger charge is 2.27. The molecule has 0 aliphatic heterocycles. The summed E-state index contributed by atoms with van der Waals surface area (Å²) in [5.74, 6) is -0.945. The Morgan fingerprint density at radius 1 is 1.47 bits per heavy atom. The number of aromatic nitrogens is 1. The Bertz CT molecular complexity index is 735. The molecule has 0 aliphatic carbocycles. The zero-order valence-electron chi connectivity index (χ0n) is 10.2. The Balaban J connectivity index is 2.33. The van der Waals surface area contributed by atoms with Crippen molar-refractivity contribution in [3.8, 4) is 0 Å². The number of carboxylic acids is 1. The largest absolute Gasteiger partial charge is 0.480 e. The highest BCUT2D eigenvalue weighted by molar-refractivity contribution is 7.94. The molecule has 19 heavy (non-hydrogen) atoms. The molecule has 0 radical (unpaired) electrons. The van der Waals surface area contributed by atoms with Crippen molar-refractivity contribution in [1.29, 1.82) is 0 Å². The van der Waals surface area contributed by atoms with Gasteiger partial charge in [0.2, 0.25) is 10.0 Å². The lowest BCUT2D eigenvalue weighted by atomic mass is 10.3. The van der Waals surface area contributed by atoms with E-state index < -0.39 is 21.2 Å². The van der Waals surface area contributed by atoms with Gasteiger partial charge in [0.1, 0.15) is 5.52 Å². The summed E-state index contributed by atoms with van der Waals surface area (Å²) in [4.78, 5) is 14.8. The molecule has 1 atom stereocenters. The number of aryl methyl sites for hydroxylation is 1. The molecule has 7 nitrogen and oxygen atoms in total. The monoisotopic (exact) mass is 284 g/mol. The topological polar surface area (TPSA) is 110 Å². The molecule has 1 aromatic heterocycles. The molecule has 0 saturated carbocycles. The van der Waals surface area contributed by atoms with Gasteiger partial charge in [0.05, 0.1) is 5.69 Å². The summed E-state index contributed by atoms with van der Waals surface area (Å²) < 4.78 is 31.0. The van der Waals surface area contributed by atoms with Crippen LogP contribution in [0.5, 0.6) is 0 Å². The van der Waals surface area contributed by atoms with Crippen LogP contribution in [0.3, 0.4) is 0 Å². The minimum Gasteiger partial charge on any atom is -0.480 e. The number of carboxylic acid groups (broad SMARTS) is 1. The fourth-order valence-corrected chi connectivity index (χ4v) is 2.39. The molecule has 8 heteroatoms. The van der Waals surface area contributed by atoms with Crippen LogP contribution in [0.15, 0.2) is 22.6 Å². The van der Waals surface area contributed by atoms with Crippen LogP contribution in [-0.4, -0.2) is 29.7 Å². The molecular weight excluding hydrogens is 272 g/mol. The average Bonchev–Trinajstić information content (AvgIpc) is 2.66. The van der Waals surface area contributed by atoms with Crippen molar-refractivity contribution in [2.24, 2.45) is 0 Å². The Morgan fingerprint density at radius 2 is 2.16 bits per heavy atom. The second-order valence-electron chi connectivity index (χ2n) is 4.04. The van der Waals surface area contributed by atoms with Gasteiger partial charge in [-0.15, -0.1) is 0 Å². The van der Waals surface area contributed by atoms with E-state index in [2.05, 4.69) is 9.71 Å². The van der Waals surface area contributed by atoms with E-state index in [-0.39, 0.29) is 5.69 Å². The maximum Gasteiger partial charge on any atom is 0.323 e. The van der Waals surface area contributed by atoms with Crippen LogP contribution in [0.4, 0.5) is 5.69 Å². The van der Waals surface area contributed by atoms with E-state index in [9.17, 15) is 13.2 Å². The summed E-state index contributed by atoms with van der Waals surface area (Å²) in [7, 11) is -3.98. The molecule has 0 aliphatic rings. The number of sulfonamides is 1. The highest BCUT2D eigenvalue weighted by Crippen LogP contribution is 2.21.